The van der Waals surface area contributed by atoms with Gasteiger partial charge in [0.05, 0.1) is 0 Å². The van der Waals surface area contributed by atoms with E-state index in [2.05, 4.69) is 64.1 Å². The number of anilines is 1. The molecule has 0 radical (unpaired) electrons. The predicted molar refractivity (Wildman–Crippen MR) is 95.5 cm³/mol. The maximum Gasteiger partial charge on any atom is 0.254 e. The molecule has 0 saturated carbocycles. The van der Waals surface area contributed by atoms with E-state index in [-0.39, 0.29) is 0 Å². The quantitative estimate of drug-likeness (QED) is 0.724. The Morgan fingerprint density at radius 3 is 2.71 bits per heavy atom. The zero-order valence-corrected chi connectivity index (χ0v) is 14.3. The minimum Gasteiger partial charge on any atom is -0.356 e. The van der Waals surface area contributed by atoms with Crippen LogP contribution in [0.2, 0.25) is 0 Å². The van der Waals surface area contributed by atoms with Crippen LogP contribution in [0.15, 0.2) is 36.7 Å². The maximum atomic E-state index is 4.54. The van der Waals surface area contributed by atoms with Gasteiger partial charge in [-0.05, 0) is 44.6 Å². The lowest BCUT2D eigenvalue weighted by atomic mass is 9.92. The second kappa shape index (κ2) is 6.23. The summed E-state index contributed by atoms with van der Waals surface area (Å²) in [6, 6.07) is 10.9. The van der Waals surface area contributed by atoms with E-state index in [0.29, 0.717) is 11.7 Å². The SMILES string of the molecule is Cc1nc2ncnn2c(N2CCC[C@@H](c3ccccc3)CC2)c1C. The molecule has 0 bridgehead atoms. The number of rotatable bonds is 2. The first kappa shape index (κ1) is 15.1. The molecule has 1 aliphatic rings. The van der Waals surface area contributed by atoms with Crippen LogP contribution in [0, 0.1) is 13.8 Å². The molecular weight excluding hydrogens is 298 g/mol. The van der Waals surface area contributed by atoms with Crippen molar-refractivity contribution in [1.82, 2.24) is 19.6 Å². The third kappa shape index (κ3) is 2.64. The summed E-state index contributed by atoms with van der Waals surface area (Å²) in [6.45, 7) is 6.29. The highest BCUT2D eigenvalue weighted by molar-refractivity contribution is 5.54. The topological polar surface area (TPSA) is 46.3 Å². The van der Waals surface area contributed by atoms with Crippen LogP contribution in [0.4, 0.5) is 5.82 Å². The van der Waals surface area contributed by atoms with E-state index in [1.165, 1.54) is 30.4 Å². The molecule has 1 saturated heterocycles. The molecular formula is C19H23N5. The van der Waals surface area contributed by atoms with Crippen molar-refractivity contribution in [2.75, 3.05) is 18.0 Å². The molecule has 1 aliphatic heterocycles. The Hall–Kier alpha value is -2.43. The smallest absolute Gasteiger partial charge is 0.254 e. The Balaban J connectivity index is 1.64. The molecule has 24 heavy (non-hydrogen) atoms. The minimum absolute atomic E-state index is 0.644. The lowest BCUT2D eigenvalue weighted by Crippen LogP contribution is -2.28. The third-order valence-electron chi connectivity index (χ3n) is 5.17. The summed E-state index contributed by atoms with van der Waals surface area (Å²) in [5.74, 6) is 2.49. The summed E-state index contributed by atoms with van der Waals surface area (Å²) >= 11 is 0. The number of benzene rings is 1. The van der Waals surface area contributed by atoms with Gasteiger partial charge in [0.1, 0.15) is 12.1 Å². The highest BCUT2D eigenvalue weighted by atomic mass is 15.4. The molecule has 3 heterocycles. The lowest BCUT2D eigenvalue weighted by Gasteiger charge is -2.25. The standard InChI is InChI=1S/C19H23N5/c1-14-15(2)22-19-20-13-21-24(19)18(14)23-11-6-9-17(10-12-23)16-7-4-3-5-8-16/h3-5,7-8,13,17H,6,9-12H2,1-2H3/t17-/m1/s1. The van der Waals surface area contributed by atoms with E-state index < -0.39 is 0 Å². The minimum atomic E-state index is 0.644. The van der Waals surface area contributed by atoms with Crippen LogP contribution in [-0.4, -0.2) is 32.7 Å². The fourth-order valence-electron chi connectivity index (χ4n) is 3.75. The summed E-state index contributed by atoms with van der Waals surface area (Å²) in [6.07, 6.45) is 5.19. The highest BCUT2D eigenvalue weighted by Crippen LogP contribution is 2.31. The Kier molecular flexibility index (Phi) is 3.92. The van der Waals surface area contributed by atoms with Gasteiger partial charge >= 0.3 is 0 Å². The van der Waals surface area contributed by atoms with Crippen LogP contribution in [0.25, 0.3) is 5.78 Å². The summed E-state index contributed by atoms with van der Waals surface area (Å²) in [4.78, 5) is 11.3. The van der Waals surface area contributed by atoms with E-state index in [9.17, 15) is 0 Å². The number of fused-ring (bicyclic) bond motifs is 1. The highest BCUT2D eigenvalue weighted by Gasteiger charge is 2.22. The molecule has 5 nitrogen and oxygen atoms in total. The maximum absolute atomic E-state index is 4.54. The molecule has 2 aromatic heterocycles. The first-order chi connectivity index (χ1) is 11.7. The predicted octanol–water partition coefficient (Wildman–Crippen LogP) is 3.52. The largest absolute Gasteiger partial charge is 0.356 e. The van der Waals surface area contributed by atoms with Gasteiger partial charge in [0.15, 0.2) is 0 Å². The number of hydrogen-bond donors (Lipinski definition) is 0. The Bertz CT molecular complexity index is 840. The zero-order chi connectivity index (χ0) is 16.5. The molecule has 0 N–H and O–H groups in total. The Morgan fingerprint density at radius 1 is 1.04 bits per heavy atom. The molecule has 0 amide bonds. The van der Waals surface area contributed by atoms with Gasteiger partial charge < -0.3 is 4.90 Å². The molecule has 0 aliphatic carbocycles. The molecule has 1 fully saturated rings. The number of aryl methyl sites for hydroxylation is 1. The third-order valence-corrected chi connectivity index (χ3v) is 5.17. The van der Waals surface area contributed by atoms with Gasteiger partial charge in [-0.15, -0.1) is 0 Å². The summed E-state index contributed by atoms with van der Waals surface area (Å²) in [5, 5.41) is 4.40. The first-order valence-corrected chi connectivity index (χ1v) is 8.71. The first-order valence-electron chi connectivity index (χ1n) is 8.71. The van der Waals surface area contributed by atoms with Gasteiger partial charge in [-0.2, -0.15) is 14.6 Å². The molecule has 1 aromatic carbocycles. The fourth-order valence-corrected chi connectivity index (χ4v) is 3.75. The molecule has 0 unspecified atom stereocenters. The average molecular weight is 321 g/mol. The van der Waals surface area contributed by atoms with Crippen LogP contribution < -0.4 is 4.90 Å². The average Bonchev–Trinajstić information content (AvgIpc) is 2.92. The van der Waals surface area contributed by atoms with Gasteiger partial charge in [-0.1, -0.05) is 30.3 Å². The molecule has 0 spiro atoms. The molecule has 1 atom stereocenters. The monoisotopic (exact) mass is 321 g/mol. The van der Waals surface area contributed by atoms with E-state index >= 15 is 0 Å². The van der Waals surface area contributed by atoms with E-state index in [4.69, 9.17) is 0 Å². The van der Waals surface area contributed by atoms with Crippen LogP contribution in [0.1, 0.15) is 42.0 Å². The Morgan fingerprint density at radius 2 is 1.88 bits per heavy atom. The molecule has 124 valence electrons. The van der Waals surface area contributed by atoms with Gasteiger partial charge in [-0.3, -0.25) is 0 Å². The zero-order valence-electron chi connectivity index (χ0n) is 14.3. The van der Waals surface area contributed by atoms with Crippen molar-refractivity contribution in [3.63, 3.8) is 0 Å². The number of hydrogen-bond acceptors (Lipinski definition) is 4. The Labute approximate surface area is 142 Å². The molecule has 4 rings (SSSR count). The summed E-state index contributed by atoms with van der Waals surface area (Å²) < 4.78 is 1.89. The van der Waals surface area contributed by atoms with Crippen molar-refractivity contribution in [1.29, 1.82) is 0 Å². The van der Waals surface area contributed by atoms with E-state index in [1.807, 2.05) is 4.52 Å². The second-order valence-corrected chi connectivity index (χ2v) is 6.64. The van der Waals surface area contributed by atoms with Gasteiger partial charge in [0.25, 0.3) is 5.78 Å². The molecule has 3 aromatic rings. The number of aromatic nitrogens is 4. The van der Waals surface area contributed by atoms with Crippen LogP contribution >= 0.6 is 0 Å². The summed E-state index contributed by atoms with van der Waals surface area (Å²) in [7, 11) is 0. The van der Waals surface area contributed by atoms with Crippen molar-refractivity contribution < 1.29 is 0 Å². The summed E-state index contributed by atoms with van der Waals surface area (Å²) in [5.41, 5.74) is 3.70. The van der Waals surface area contributed by atoms with Gasteiger partial charge in [0, 0.05) is 24.3 Å². The lowest BCUT2D eigenvalue weighted by molar-refractivity contribution is 0.611. The fraction of sp³-hybridized carbons (Fsp3) is 0.421. The van der Waals surface area contributed by atoms with Gasteiger partial charge in [0.2, 0.25) is 0 Å². The van der Waals surface area contributed by atoms with Crippen molar-refractivity contribution in [3.8, 4) is 0 Å². The number of nitrogens with zero attached hydrogens (tertiary/aromatic N) is 5. The van der Waals surface area contributed by atoms with E-state index in [1.54, 1.807) is 6.33 Å². The molecule has 5 heteroatoms. The van der Waals surface area contributed by atoms with Crippen molar-refractivity contribution >= 4 is 11.6 Å². The van der Waals surface area contributed by atoms with Crippen LogP contribution in [0.3, 0.4) is 0 Å². The van der Waals surface area contributed by atoms with Crippen molar-refractivity contribution in [2.45, 2.75) is 39.0 Å². The van der Waals surface area contributed by atoms with Crippen molar-refractivity contribution in [3.05, 3.63) is 53.5 Å². The van der Waals surface area contributed by atoms with E-state index in [0.717, 1.165) is 24.6 Å². The van der Waals surface area contributed by atoms with Crippen LogP contribution in [0.5, 0.6) is 0 Å². The van der Waals surface area contributed by atoms with Crippen LogP contribution in [-0.2, 0) is 0 Å². The second-order valence-electron chi connectivity index (χ2n) is 6.64. The van der Waals surface area contributed by atoms with Gasteiger partial charge in [-0.25, -0.2) is 4.98 Å². The normalized spacial score (nSPS) is 18.8. The van der Waals surface area contributed by atoms with Crippen molar-refractivity contribution in [2.24, 2.45) is 0 Å².